The Balaban J connectivity index is 1.40. The number of ether oxygens (including phenoxy) is 1. The Kier molecular flexibility index (Phi) is 12.4. The van der Waals surface area contributed by atoms with Crippen molar-refractivity contribution in [2.45, 2.75) is 63.9 Å². The molecule has 0 saturated heterocycles. The zero-order chi connectivity index (χ0) is 35.7. The van der Waals surface area contributed by atoms with E-state index in [2.05, 4.69) is 26.7 Å². The predicted molar refractivity (Wildman–Crippen MR) is 192 cm³/mol. The average Bonchev–Trinajstić information content (AvgIpc) is 3.55. The van der Waals surface area contributed by atoms with Crippen LogP contribution < -0.4 is 10.7 Å². The number of hydrogen-bond donors (Lipinski definition) is 4. The van der Waals surface area contributed by atoms with E-state index in [1.54, 1.807) is 38.1 Å². The topological polar surface area (TPSA) is 131 Å². The minimum absolute atomic E-state index is 0.0343. The highest BCUT2D eigenvalue weighted by Gasteiger charge is 2.45. The SMILES string of the molecule is CC(C)[C@H](NC(=O)OCc1ccccc1)C(=O)NN(Cc1ccc(Br)cc1)C[C@@](O)(Cc1ccccc1)C(=O)N(O)C1CCc2ccccc21. The molecule has 0 radical (unpaired) electrons. The van der Waals surface area contributed by atoms with Crippen molar-refractivity contribution in [3.05, 3.63) is 141 Å². The molecule has 0 saturated carbocycles. The molecule has 50 heavy (non-hydrogen) atoms. The summed E-state index contributed by atoms with van der Waals surface area (Å²) in [5.74, 6) is -1.79. The van der Waals surface area contributed by atoms with Crippen LogP contribution in [0.15, 0.2) is 114 Å². The van der Waals surface area contributed by atoms with Crippen molar-refractivity contribution in [2.24, 2.45) is 5.92 Å². The minimum atomic E-state index is -2.17. The third-order valence-electron chi connectivity index (χ3n) is 8.78. The van der Waals surface area contributed by atoms with E-state index in [9.17, 15) is 24.7 Å². The molecule has 1 aliphatic rings. The van der Waals surface area contributed by atoms with Crippen LogP contribution in [0.1, 0.15) is 54.1 Å². The highest BCUT2D eigenvalue weighted by molar-refractivity contribution is 9.10. The monoisotopic (exact) mass is 742 g/mol. The summed E-state index contributed by atoms with van der Waals surface area (Å²) in [7, 11) is 0. The molecule has 1 unspecified atom stereocenters. The van der Waals surface area contributed by atoms with Crippen LogP contribution in [0.2, 0.25) is 0 Å². The zero-order valence-corrected chi connectivity index (χ0v) is 29.8. The summed E-state index contributed by atoms with van der Waals surface area (Å²) in [6.45, 7) is 3.34. The van der Waals surface area contributed by atoms with Gasteiger partial charge in [0.05, 0.1) is 12.6 Å². The van der Waals surface area contributed by atoms with Gasteiger partial charge in [0.2, 0.25) is 0 Å². The van der Waals surface area contributed by atoms with E-state index >= 15 is 0 Å². The summed E-state index contributed by atoms with van der Waals surface area (Å²) in [4.78, 5) is 41.0. The van der Waals surface area contributed by atoms with Gasteiger partial charge in [-0.2, -0.15) is 0 Å². The molecule has 0 bridgehead atoms. The van der Waals surface area contributed by atoms with E-state index < -0.39 is 35.6 Å². The molecule has 11 heteroatoms. The number of fused-ring (bicyclic) bond motifs is 1. The normalized spacial score (nSPS) is 15.5. The first-order valence-corrected chi connectivity index (χ1v) is 17.5. The van der Waals surface area contributed by atoms with Crippen molar-refractivity contribution >= 4 is 33.8 Å². The third kappa shape index (κ3) is 9.57. The molecule has 5 rings (SSSR count). The van der Waals surface area contributed by atoms with Crippen LogP contribution in [0.25, 0.3) is 0 Å². The molecule has 4 aromatic rings. The first-order chi connectivity index (χ1) is 24.0. The third-order valence-corrected chi connectivity index (χ3v) is 9.31. The van der Waals surface area contributed by atoms with Crippen molar-refractivity contribution in [3.63, 3.8) is 0 Å². The second-order valence-electron chi connectivity index (χ2n) is 13.0. The van der Waals surface area contributed by atoms with Crippen LogP contribution >= 0.6 is 15.9 Å². The smallest absolute Gasteiger partial charge is 0.408 e. The highest BCUT2D eigenvalue weighted by atomic mass is 79.9. The fourth-order valence-corrected chi connectivity index (χ4v) is 6.45. The largest absolute Gasteiger partial charge is 0.445 e. The fraction of sp³-hybridized carbons (Fsp3) is 0.308. The highest BCUT2D eigenvalue weighted by Crippen LogP contribution is 2.36. The molecule has 262 valence electrons. The van der Waals surface area contributed by atoms with Crippen molar-refractivity contribution in [2.75, 3.05) is 6.54 Å². The lowest BCUT2D eigenvalue weighted by Gasteiger charge is -2.37. The number of aliphatic hydroxyl groups is 1. The summed E-state index contributed by atoms with van der Waals surface area (Å²) in [6.07, 6.45) is 0.295. The van der Waals surface area contributed by atoms with E-state index in [1.807, 2.05) is 84.9 Å². The number of hydrogen-bond acceptors (Lipinski definition) is 7. The minimum Gasteiger partial charge on any atom is -0.445 e. The maximum Gasteiger partial charge on any atom is 0.408 e. The van der Waals surface area contributed by atoms with E-state index in [4.69, 9.17) is 4.74 Å². The van der Waals surface area contributed by atoms with Crippen molar-refractivity contribution in [1.29, 1.82) is 0 Å². The van der Waals surface area contributed by atoms with Crippen LogP contribution in [0.5, 0.6) is 0 Å². The van der Waals surface area contributed by atoms with Crippen molar-refractivity contribution in [1.82, 2.24) is 20.8 Å². The van der Waals surface area contributed by atoms with Gasteiger partial charge in [-0.05, 0) is 58.7 Å². The molecule has 4 aromatic carbocycles. The van der Waals surface area contributed by atoms with Gasteiger partial charge in [-0.25, -0.2) is 14.9 Å². The number of halogens is 1. The summed E-state index contributed by atoms with van der Waals surface area (Å²) < 4.78 is 6.24. The van der Waals surface area contributed by atoms with E-state index in [0.29, 0.717) is 23.5 Å². The summed E-state index contributed by atoms with van der Waals surface area (Å²) in [5.41, 5.74) is 4.80. The van der Waals surface area contributed by atoms with Gasteiger partial charge in [0.1, 0.15) is 12.6 Å². The lowest BCUT2D eigenvalue weighted by molar-refractivity contribution is -0.199. The first-order valence-electron chi connectivity index (χ1n) is 16.7. The summed E-state index contributed by atoms with van der Waals surface area (Å²) in [6, 6.07) is 31.6. The first kappa shape index (κ1) is 36.7. The number of nitrogens with one attached hydrogen (secondary N) is 2. The van der Waals surface area contributed by atoms with Gasteiger partial charge in [-0.15, -0.1) is 0 Å². The molecular formula is C39H43BrN4O6. The van der Waals surface area contributed by atoms with Gasteiger partial charge in [0.25, 0.3) is 11.8 Å². The molecule has 0 aromatic heterocycles. The van der Waals surface area contributed by atoms with Gasteiger partial charge >= 0.3 is 6.09 Å². The number of rotatable bonds is 14. The quantitative estimate of drug-likeness (QED) is 0.0906. The Morgan fingerprint density at radius 3 is 2.16 bits per heavy atom. The Hall–Kier alpha value is -4.55. The fourth-order valence-electron chi connectivity index (χ4n) is 6.19. The molecule has 0 aliphatic heterocycles. The Morgan fingerprint density at radius 2 is 1.50 bits per heavy atom. The molecule has 1 aliphatic carbocycles. The van der Waals surface area contributed by atoms with Crippen LogP contribution in [-0.2, 0) is 40.3 Å². The molecular weight excluding hydrogens is 700 g/mol. The number of benzene rings is 4. The lowest BCUT2D eigenvalue weighted by atomic mass is 9.92. The lowest BCUT2D eigenvalue weighted by Crippen LogP contribution is -2.61. The Bertz CT molecular complexity index is 1740. The van der Waals surface area contributed by atoms with E-state index in [1.165, 1.54) is 5.01 Å². The maximum atomic E-state index is 14.3. The zero-order valence-electron chi connectivity index (χ0n) is 28.2. The standard InChI is InChI=1S/C39H43BrN4O6/c1-27(2)35(41-38(47)50-25-30-13-7-4-8-14-30)36(45)42-43(24-29-17-20-32(40)21-18-29)26-39(48,23-28-11-5-3-6-12-28)37(46)44(49)34-22-19-31-15-9-10-16-33(31)34/h3-18,20-21,27,34-35,48-49H,19,22-26H2,1-2H3,(H,41,47)(H,42,45)/t34?,35-,39-/m0/s1. The number of nitrogens with zero attached hydrogens (tertiary/aromatic N) is 2. The van der Waals surface area contributed by atoms with Crippen LogP contribution in [0.3, 0.4) is 0 Å². The molecule has 0 fully saturated rings. The van der Waals surface area contributed by atoms with Crippen LogP contribution in [0, 0.1) is 5.92 Å². The second kappa shape index (κ2) is 16.9. The molecule has 4 N–H and O–H groups in total. The summed E-state index contributed by atoms with van der Waals surface area (Å²) in [5, 5.41) is 28.6. The number of amides is 3. The van der Waals surface area contributed by atoms with Gasteiger partial charge in [-0.3, -0.25) is 20.2 Å². The second-order valence-corrected chi connectivity index (χ2v) is 13.9. The number of carbonyl (C=O) groups is 3. The van der Waals surface area contributed by atoms with Crippen LogP contribution in [0.4, 0.5) is 4.79 Å². The van der Waals surface area contributed by atoms with Gasteiger partial charge in [0, 0.05) is 17.4 Å². The van der Waals surface area contributed by atoms with Crippen molar-refractivity contribution in [3.8, 4) is 0 Å². The van der Waals surface area contributed by atoms with Gasteiger partial charge < -0.3 is 15.2 Å². The summed E-state index contributed by atoms with van der Waals surface area (Å²) >= 11 is 3.45. The molecule has 10 nitrogen and oxygen atoms in total. The number of hydrazine groups is 1. The molecule has 0 spiro atoms. The maximum absolute atomic E-state index is 14.3. The number of hydroxylamine groups is 2. The van der Waals surface area contributed by atoms with Gasteiger partial charge in [0.15, 0.2) is 5.60 Å². The number of carbonyl (C=O) groups excluding carboxylic acids is 3. The van der Waals surface area contributed by atoms with Crippen LogP contribution in [-0.4, -0.2) is 56.5 Å². The molecule has 0 heterocycles. The van der Waals surface area contributed by atoms with E-state index in [-0.39, 0.29) is 32.0 Å². The molecule has 3 atom stereocenters. The van der Waals surface area contributed by atoms with E-state index in [0.717, 1.165) is 26.7 Å². The Labute approximate surface area is 301 Å². The predicted octanol–water partition coefficient (Wildman–Crippen LogP) is 6.11. The molecule has 3 amide bonds. The van der Waals surface area contributed by atoms with Crippen molar-refractivity contribution < 1.29 is 29.4 Å². The van der Waals surface area contributed by atoms with Gasteiger partial charge in [-0.1, -0.05) is 127 Å². The Morgan fingerprint density at radius 1 is 0.880 bits per heavy atom. The number of aryl methyl sites for hydroxylation is 1. The number of alkyl carbamates (subject to hydrolysis) is 1. The average molecular weight is 744 g/mol.